The summed E-state index contributed by atoms with van der Waals surface area (Å²) in [4.78, 5) is 14.9. The third-order valence-corrected chi connectivity index (χ3v) is 5.82. The van der Waals surface area contributed by atoms with Gasteiger partial charge in [-0.05, 0) is 44.1 Å². The monoisotopic (exact) mass is 432 g/mol. The lowest BCUT2D eigenvalue weighted by atomic mass is 10.1. The minimum atomic E-state index is -0.442. The summed E-state index contributed by atoms with van der Waals surface area (Å²) in [7, 11) is 0. The van der Waals surface area contributed by atoms with Crippen LogP contribution in [0.2, 0.25) is 0 Å². The van der Waals surface area contributed by atoms with Crippen molar-refractivity contribution in [1.82, 2.24) is 9.47 Å². The number of rotatable bonds is 13. The van der Waals surface area contributed by atoms with Crippen LogP contribution < -0.4 is 0 Å². The van der Waals surface area contributed by atoms with Crippen LogP contribution in [0.25, 0.3) is 17.0 Å². The van der Waals surface area contributed by atoms with Crippen molar-refractivity contribution in [3.8, 4) is 0 Å². The number of aliphatic hydroxyl groups excluding tert-OH is 1. The zero-order valence-corrected chi connectivity index (χ0v) is 19.4. The molecule has 1 heterocycles. The highest BCUT2D eigenvalue weighted by Crippen LogP contribution is 2.23. The predicted octanol–water partition coefficient (Wildman–Crippen LogP) is 5.80. The van der Waals surface area contributed by atoms with Crippen LogP contribution in [0.5, 0.6) is 0 Å². The first-order valence-electron chi connectivity index (χ1n) is 11.9. The van der Waals surface area contributed by atoms with E-state index >= 15 is 0 Å². The normalized spacial score (nSPS) is 12.8. The van der Waals surface area contributed by atoms with Crippen LogP contribution in [0.3, 0.4) is 0 Å². The molecule has 0 bridgehead atoms. The van der Waals surface area contributed by atoms with E-state index in [4.69, 9.17) is 0 Å². The fraction of sp³-hybridized carbons (Fsp3) is 0.393. The molecule has 0 saturated carbocycles. The largest absolute Gasteiger partial charge is 0.390 e. The van der Waals surface area contributed by atoms with Gasteiger partial charge in [0.1, 0.15) is 0 Å². The second-order valence-electron chi connectivity index (χ2n) is 8.48. The molecule has 2 aromatic carbocycles. The van der Waals surface area contributed by atoms with E-state index in [-0.39, 0.29) is 5.78 Å². The zero-order chi connectivity index (χ0) is 22.8. The molecule has 0 aliphatic heterocycles. The van der Waals surface area contributed by atoms with Crippen molar-refractivity contribution in [1.29, 1.82) is 0 Å². The Morgan fingerprint density at radius 3 is 2.34 bits per heavy atom. The molecule has 4 heteroatoms. The predicted molar refractivity (Wildman–Crippen MR) is 134 cm³/mol. The third-order valence-electron chi connectivity index (χ3n) is 5.82. The molecule has 0 unspecified atom stereocenters. The highest BCUT2D eigenvalue weighted by atomic mass is 16.3. The number of para-hydroxylation sites is 1. The van der Waals surface area contributed by atoms with E-state index < -0.39 is 6.10 Å². The lowest BCUT2D eigenvalue weighted by Crippen LogP contribution is -2.36. The minimum absolute atomic E-state index is 0.00930. The van der Waals surface area contributed by atoms with Gasteiger partial charge in [-0.2, -0.15) is 0 Å². The van der Waals surface area contributed by atoms with Crippen molar-refractivity contribution < 1.29 is 9.90 Å². The Morgan fingerprint density at radius 2 is 1.66 bits per heavy atom. The maximum Gasteiger partial charge on any atom is 0.185 e. The fourth-order valence-electron chi connectivity index (χ4n) is 4.06. The maximum atomic E-state index is 12.5. The molecule has 0 fully saturated rings. The van der Waals surface area contributed by atoms with Crippen LogP contribution in [0.1, 0.15) is 55.5 Å². The average Bonchev–Trinajstić information content (AvgIpc) is 3.17. The van der Waals surface area contributed by atoms with E-state index in [2.05, 4.69) is 35.4 Å². The smallest absolute Gasteiger partial charge is 0.185 e. The molecule has 4 nitrogen and oxygen atoms in total. The molecule has 0 saturated heterocycles. The number of carbonyl (C=O) groups is 1. The van der Waals surface area contributed by atoms with Gasteiger partial charge in [0.15, 0.2) is 5.78 Å². The molecule has 0 radical (unpaired) electrons. The minimum Gasteiger partial charge on any atom is -0.390 e. The maximum absolute atomic E-state index is 12.5. The van der Waals surface area contributed by atoms with Crippen LogP contribution in [0.15, 0.2) is 66.9 Å². The fourth-order valence-corrected chi connectivity index (χ4v) is 4.06. The van der Waals surface area contributed by atoms with Gasteiger partial charge in [0, 0.05) is 41.3 Å². The zero-order valence-electron chi connectivity index (χ0n) is 19.4. The number of benzene rings is 2. The van der Waals surface area contributed by atoms with Gasteiger partial charge < -0.3 is 14.6 Å². The van der Waals surface area contributed by atoms with Crippen molar-refractivity contribution in [2.45, 2.75) is 52.2 Å². The summed E-state index contributed by atoms with van der Waals surface area (Å²) in [5.41, 5.74) is 2.75. The topological polar surface area (TPSA) is 45.5 Å². The summed E-state index contributed by atoms with van der Waals surface area (Å²) in [5, 5.41) is 12.0. The Bertz CT molecular complexity index is 999. The quantitative estimate of drug-likeness (QED) is 0.274. The van der Waals surface area contributed by atoms with Crippen molar-refractivity contribution >= 4 is 22.8 Å². The van der Waals surface area contributed by atoms with Crippen LogP contribution in [-0.2, 0) is 6.54 Å². The number of aromatic nitrogens is 1. The number of aliphatic hydroxyl groups is 1. The molecule has 3 rings (SSSR count). The number of unbranched alkanes of at least 4 members (excludes halogenated alkanes) is 2. The van der Waals surface area contributed by atoms with Gasteiger partial charge >= 0.3 is 0 Å². The number of fused-ring (bicyclic) bond motifs is 1. The van der Waals surface area contributed by atoms with Crippen LogP contribution >= 0.6 is 0 Å². The van der Waals surface area contributed by atoms with E-state index in [1.54, 1.807) is 6.08 Å². The molecule has 1 N–H and O–H groups in total. The number of nitrogens with zero attached hydrogens (tertiary/aromatic N) is 2. The summed E-state index contributed by atoms with van der Waals surface area (Å²) < 4.78 is 2.12. The Kier molecular flexibility index (Phi) is 9.27. The van der Waals surface area contributed by atoms with E-state index in [1.165, 1.54) is 12.8 Å². The van der Waals surface area contributed by atoms with Gasteiger partial charge in [0.2, 0.25) is 0 Å². The number of hydrogen-bond donors (Lipinski definition) is 1. The molecule has 1 atom stereocenters. The summed E-state index contributed by atoms with van der Waals surface area (Å²) in [6, 6.07) is 17.5. The van der Waals surface area contributed by atoms with Gasteiger partial charge in [-0.1, -0.05) is 75.2 Å². The molecule has 32 heavy (non-hydrogen) atoms. The summed E-state index contributed by atoms with van der Waals surface area (Å²) in [5.74, 6) is -0.00930. The van der Waals surface area contributed by atoms with Crippen molar-refractivity contribution in [3.05, 3.63) is 78.0 Å². The lowest BCUT2D eigenvalue weighted by molar-refractivity contribution is 0.0973. The first-order valence-corrected chi connectivity index (χ1v) is 11.9. The van der Waals surface area contributed by atoms with Gasteiger partial charge in [0.05, 0.1) is 6.10 Å². The van der Waals surface area contributed by atoms with E-state index in [1.807, 2.05) is 54.7 Å². The molecule has 0 spiro atoms. The first kappa shape index (κ1) is 24.0. The number of ketones is 1. The van der Waals surface area contributed by atoms with E-state index in [0.29, 0.717) is 18.7 Å². The van der Waals surface area contributed by atoms with Crippen molar-refractivity contribution in [2.24, 2.45) is 0 Å². The van der Waals surface area contributed by atoms with Crippen LogP contribution in [0, 0.1) is 0 Å². The van der Waals surface area contributed by atoms with Gasteiger partial charge in [-0.25, -0.2) is 0 Å². The number of allylic oxidation sites excluding steroid dienone is 1. The van der Waals surface area contributed by atoms with Crippen molar-refractivity contribution in [2.75, 3.05) is 19.6 Å². The van der Waals surface area contributed by atoms with E-state index in [0.717, 1.165) is 42.4 Å². The highest BCUT2D eigenvalue weighted by Gasteiger charge is 2.14. The second kappa shape index (κ2) is 12.4. The molecular weight excluding hydrogens is 396 g/mol. The Morgan fingerprint density at radius 1 is 1.00 bits per heavy atom. The van der Waals surface area contributed by atoms with Gasteiger partial charge in [-0.3, -0.25) is 4.79 Å². The molecule has 3 aromatic rings. The van der Waals surface area contributed by atoms with Crippen LogP contribution in [0.4, 0.5) is 0 Å². The van der Waals surface area contributed by atoms with Crippen molar-refractivity contribution in [3.63, 3.8) is 0 Å². The summed E-state index contributed by atoms with van der Waals surface area (Å²) in [6.07, 6.45) is 9.77. The number of hydrogen-bond acceptors (Lipinski definition) is 3. The second-order valence-corrected chi connectivity index (χ2v) is 8.48. The molecule has 1 aromatic heterocycles. The highest BCUT2D eigenvalue weighted by molar-refractivity contribution is 6.07. The van der Waals surface area contributed by atoms with Gasteiger partial charge in [-0.15, -0.1) is 0 Å². The Hall–Kier alpha value is -2.69. The number of carbonyl (C=O) groups excluding carboxylic acids is 1. The summed E-state index contributed by atoms with van der Waals surface area (Å²) >= 11 is 0. The van der Waals surface area contributed by atoms with Gasteiger partial charge in [0.25, 0.3) is 0 Å². The average molecular weight is 433 g/mol. The van der Waals surface area contributed by atoms with E-state index in [9.17, 15) is 9.90 Å². The van der Waals surface area contributed by atoms with Crippen LogP contribution in [-0.4, -0.2) is 46.1 Å². The molecular formula is C28H36N2O2. The SMILES string of the molecule is CCCCN(CCCC)C[C@@H](O)Cn1cc(/C=C/C(=O)c2ccccc2)c2ccccc21. The molecule has 0 aliphatic rings. The Labute approximate surface area is 192 Å². The first-order chi connectivity index (χ1) is 15.6. The Balaban J connectivity index is 1.74. The standard InChI is InChI=1S/C28H36N2O2/c1-3-5-18-29(19-6-4-2)21-25(31)22-30-20-24(26-14-10-11-15-27(26)30)16-17-28(32)23-12-8-7-9-13-23/h7-17,20,25,31H,3-6,18-19,21-22H2,1-2H3/b17-16+/t25-/m1/s1. The third kappa shape index (κ3) is 6.65. The molecule has 170 valence electrons. The molecule has 0 amide bonds. The summed E-state index contributed by atoms with van der Waals surface area (Å²) in [6.45, 7) is 7.71. The molecule has 0 aliphatic carbocycles. The lowest BCUT2D eigenvalue weighted by Gasteiger charge is -2.25.